The third-order valence-electron chi connectivity index (χ3n) is 2.11. The Balaban J connectivity index is 2.84. The summed E-state index contributed by atoms with van der Waals surface area (Å²) < 4.78 is 1.63. The standard InChI is InChI=1S/C8H16N6OS/c1-4(2)5(6(15)11-10)16-8-13-12-7(9)14(8)3/h4-5H,10H2,1-3H3,(H2,9,12)(H,11,15). The summed E-state index contributed by atoms with van der Waals surface area (Å²) in [6.45, 7) is 3.87. The average Bonchev–Trinajstić information content (AvgIpc) is 2.55. The number of nitrogens with one attached hydrogen (secondary N) is 1. The zero-order valence-electron chi connectivity index (χ0n) is 9.47. The van der Waals surface area contributed by atoms with Gasteiger partial charge in [-0.1, -0.05) is 25.6 Å². The fourth-order valence-electron chi connectivity index (χ4n) is 1.12. The Kier molecular flexibility index (Phi) is 4.13. The van der Waals surface area contributed by atoms with E-state index >= 15 is 0 Å². The first-order valence-electron chi connectivity index (χ1n) is 4.79. The summed E-state index contributed by atoms with van der Waals surface area (Å²) in [7, 11) is 1.75. The fraction of sp³-hybridized carbons (Fsp3) is 0.625. The van der Waals surface area contributed by atoms with Crippen LogP contribution in [0.15, 0.2) is 5.16 Å². The van der Waals surface area contributed by atoms with Crippen molar-refractivity contribution in [1.29, 1.82) is 0 Å². The summed E-state index contributed by atoms with van der Waals surface area (Å²) in [5.41, 5.74) is 7.70. The molecule has 0 aromatic carbocycles. The van der Waals surface area contributed by atoms with Gasteiger partial charge in [0.15, 0.2) is 5.16 Å². The minimum Gasteiger partial charge on any atom is -0.368 e. The fourth-order valence-corrected chi connectivity index (χ4v) is 2.13. The maximum Gasteiger partial charge on any atom is 0.247 e. The number of hydrogen-bond donors (Lipinski definition) is 3. The minimum absolute atomic E-state index is 0.131. The number of hydrogen-bond acceptors (Lipinski definition) is 6. The van der Waals surface area contributed by atoms with Gasteiger partial charge < -0.3 is 5.73 Å². The zero-order chi connectivity index (χ0) is 12.3. The van der Waals surface area contributed by atoms with Crippen molar-refractivity contribution >= 4 is 23.6 Å². The van der Waals surface area contributed by atoms with Gasteiger partial charge in [-0.3, -0.25) is 14.8 Å². The SMILES string of the molecule is CC(C)C(Sc1nnc(N)n1C)C(=O)NN. The van der Waals surface area contributed by atoms with Crippen LogP contribution < -0.4 is 17.0 Å². The van der Waals surface area contributed by atoms with Crippen LogP contribution in [0.3, 0.4) is 0 Å². The van der Waals surface area contributed by atoms with Gasteiger partial charge in [-0.15, -0.1) is 10.2 Å². The topological polar surface area (TPSA) is 112 Å². The molecule has 1 unspecified atom stereocenters. The van der Waals surface area contributed by atoms with E-state index in [1.54, 1.807) is 11.6 Å². The third-order valence-corrected chi connectivity index (χ3v) is 3.69. The van der Waals surface area contributed by atoms with E-state index in [4.69, 9.17) is 11.6 Å². The lowest BCUT2D eigenvalue weighted by Crippen LogP contribution is -2.40. The predicted octanol–water partition coefficient (Wildman–Crippen LogP) is -0.496. The summed E-state index contributed by atoms with van der Waals surface area (Å²) in [5.74, 6) is 5.34. The molecule has 1 aromatic heterocycles. The number of nitrogens with two attached hydrogens (primary N) is 2. The zero-order valence-corrected chi connectivity index (χ0v) is 10.3. The number of anilines is 1. The quantitative estimate of drug-likeness (QED) is 0.285. The summed E-state index contributed by atoms with van der Waals surface area (Å²) in [4.78, 5) is 11.5. The van der Waals surface area contributed by atoms with E-state index in [2.05, 4.69) is 15.6 Å². The van der Waals surface area contributed by atoms with Crippen LogP contribution in [0.2, 0.25) is 0 Å². The lowest BCUT2D eigenvalue weighted by Gasteiger charge is -2.17. The van der Waals surface area contributed by atoms with Gasteiger partial charge in [0.1, 0.15) is 0 Å². The Hall–Kier alpha value is -1.28. The van der Waals surface area contributed by atoms with Gasteiger partial charge in [0.25, 0.3) is 0 Å². The van der Waals surface area contributed by atoms with Crippen molar-refractivity contribution in [1.82, 2.24) is 20.2 Å². The van der Waals surface area contributed by atoms with Crippen LogP contribution in [0.25, 0.3) is 0 Å². The first-order valence-corrected chi connectivity index (χ1v) is 5.67. The molecular formula is C8H16N6OS. The van der Waals surface area contributed by atoms with Crippen molar-refractivity contribution < 1.29 is 4.79 Å². The molecule has 1 atom stereocenters. The lowest BCUT2D eigenvalue weighted by molar-refractivity contribution is -0.121. The number of hydrazine groups is 1. The number of amides is 1. The molecule has 0 aliphatic rings. The van der Waals surface area contributed by atoms with Crippen LogP contribution >= 0.6 is 11.8 Å². The van der Waals surface area contributed by atoms with Crippen LogP contribution in [0.4, 0.5) is 5.95 Å². The number of thioether (sulfide) groups is 1. The molecule has 1 heterocycles. The van der Waals surface area contributed by atoms with E-state index in [0.717, 1.165) is 0 Å². The molecule has 1 aromatic rings. The van der Waals surface area contributed by atoms with Crippen molar-refractivity contribution in [3.63, 3.8) is 0 Å². The maximum atomic E-state index is 11.5. The Morgan fingerprint density at radius 3 is 2.50 bits per heavy atom. The molecular weight excluding hydrogens is 228 g/mol. The summed E-state index contributed by atoms with van der Waals surface area (Å²) >= 11 is 1.29. The van der Waals surface area contributed by atoms with Gasteiger partial charge >= 0.3 is 0 Å². The highest BCUT2D eigenvalue weighted by molar-refractivity contribution is 8.00. The number of carbonyl (C=O) groups is 1. The molecule has 8 heteroatoms. The molecule has 1 rings (SSSR count). The molecule has 1 amide bonds. The molecule has 0 radical (unpaired) electrons. The van der Waals surface area contributed by atoms with Crippen LogP contribution in [0, 0.1) is 5.92 Å². The highest BCUT2D eigenvalue weighted by Crippen LogP contribution is 2.27. The lowest BCUT2D eigenvalue weighted by atomic mass is 10.1. The van der Waals surface area contributed by atoms with Gasteiger partial charge in [-0.2, -0.15) is 0 Å². The van der Waals surface area contributed by atoms with Crippen LogP contribution in [0.1, 0.15) is 13.8 Å². The second-order valence-corrected chi connectivity index (χ2v) is 4.80. The summed E-state index contributed by atoms with van der Waals surface area (Å²) in [5, 5.41) is 7.89. The molecule has 7 nitrogen and oxygen atoms in total. The Morgan fingerprint density at radius 2 is 2.12 bits per heavy atom. The summed E-state index contributed by atoms with van der Waals surface area (Å²) in [6.07, 6.45) is 0. The molecule has 0 aliphatic carbocycles. The second kappa shape index (κ2) is 5.17. The van der Waals surface area contributed by atoms with Gasteiger partial charge in [-0.25, -0.2) is 5.84 Å². The maximum absolute atomic E-state index is 11.5. The van der Waals surface area contributed by atoms with E-state index in [1.807, 2.05) is 13.8 Å². The number of rotatable bonds is 4. The van der Waals surface area contributed by atoms with Crippen molar-refractivity contribution in [3.8, 4) is 0 Å². The van der Waals surface area contributed by atoms with Crippen molar-refractivity contribution in [3.05, 3.63) is 0 Å². The van der Waals surface area contributed by atoms with Gasteiger partial charge in [-0.05, 0) is 5.92 Å². The predicted molar refractivity (Wildman–Crippen MR) is 62.2 cm³/mol. The van der Waals surface area contributed by atoms with Crippen molar-refractivity contribution in [2.75, 3.05) is 5.73 Å². The van der Waals surface area contributed by atoms with E-state index in [-0.39, 0.29) is 17.1 Å². The molecule has 0 spiro atoms. The van der Waals surface area contributed by atoms with Crippen LogP contribution in [-0.4, -0.2) is 25.9 Å². The van der Waals surface area contributed by atoms with E-state index in [0.29, 0.717) is 11.1 Å². The van der Waals surface area contributed by atoms with Gasteiger partial charge in [0, 0.05) is 7.05 Å². The Morgan fingerprint density at radius 1 is 1.50 bits per heavy atom. The van der Waals surface area contributed by atoms with Crippen molar-refractivity contribution in [2.24, 2.45) is 18.8 Å². The molecule has 16 heavy (non-hydrogen) atoms. The number of nitrogen functional groups attached to an aromatic ring is 1. The van der Waals surface area contributed by atoms with Crippen LogP contribution in [-0.2, 0) is 11.8 Å². The number of nitrogens with zero attached hydrogens (tertiary/aromatic N) is 3. The number of carbonyl (C=O) groups excluding carboxylic acids is 1. The molecule has 5 N–H and O–H groups in total. The average molecular weight is 244 g/mol. The minimum atomic E-state index is -0.313. The molecule has 0 fully saturated rings. The third kappa shape index (κ3) is 2.64. The number of aromatic nitrogens is 3. The smallest absolute Gasteiger partial charge is 0.247 e. The van der Waals surface area contributed by atoms with Gasteiger partial charge in [0.05, 0.1) is 5.25 Å². The molecule has 90 valence electrons. The first-order chi connectivity index (χ1) is 7.47. The van der Waals surface area contributed by atoms with Gasteiger partial charge in [0.2, 0.25) is 11.9 Å². The first kappa shape index (κ1) is 12.8. The van der Waals surface area contributed by atoms with E-state index in [9.17, 15) is 4.79 Å². The van der Waals surface area contributed by atoms with E-state index < -0.39 is 0 Å². The van der Waals surface area contributed by atoms with E-state index in [1.165, 1.54) is 11.8 Å². The molecule has 0 bridgehead atoms. The van der Waals surface area contributed by atoms with Crippen LogP contribution in [0.5, 0.6) is 0 Å². The highest BCUT2D eigenvalue weighted by Gasteiger charge is 2.25. The monoisotopic (exact) mass is 244 g/mol. The Bertz CT molecular complexity index is 377. The molecule has 0 saturated carbocycles. The molecule has 0 aliphatic heterocycles. The normalized spacial score (nSPS) is 12.8. The summed E-state index contributed by atoms with van der Waals surface area (Å²) in [6, 6.07) is 0. The molecule has 0 saturated heterocycles. The largest absolute Gasteiger partial charge is 0.368 e. The highest BCUT2D eigenvalue weighted by atomic mass is 32.2. The second-order valence-electron chi connectivity index (χ2n) is 3.69. The Labute approximate surface area is 97.9 Å². The van der Waals surface area contributed by atoms with Crippen molar-refractivity contribution in [2.45, 2.75) is 24.3 Å².